The van der Waals surface area contributed by atoms with Crippen LogP contribution < -0.4 is 10.1 Å². The Hall–Kier alpha value is -2.18. The fraction of sp³-hybridized carbons (Fsp3) is 0.467. The number of alkyl halides is 2. The number of ether oxygens (including phenoxy) is 2. The first-order chi connectivity index (χ1) is 10.1. The normalized spacial score (nSPS) is 12.7. The Kier molecular flexibility index (Phi) is 5.84. The number of benzene rings is 1. The molecule has 0 fully saturated rings. The monoisotopic (exact) mass is 315 g/mol. The van der Waals surface area contributed by atoms with Gasteiger partial charge in [-0.3, -0.25) is 4.79 Å². The molecule has 1 aromatic rings. The second kappa shape index (κ2) is 7.20. The molecule has 1 aromatic carbocycles. The van der Waals surface area contributed by atoms with Gasteiger partial charge in [0.05, 0.1) is 5.56 Å². The number of amides is 1. The quantitative estimate of drug-likeness (QED) is 0.849. The van der Waals surface area contributed by atoms with Crippen molar-refractivity contribution in [3.05, 3.63) is 29.8 Å². The summed E-state index contributed by atoms with van der Waals surface area (Å²) >= 11 is 0. The third-order valence-corrected chi connectivity index (χ3v) is 2.47. The van der Waals surface area contributed by atoms with Crippen LogP contribution in [-0.4, -0.2) is 30.1 Å². The maximum atomic E-state index is 12.0. The van der Waals surface area contributed by atoms with E-state index >= 15 is 0 Å². The smallest absolute Gasteiger partial charge is 0.387 e. The SMILES string of the molecule is C[C@H](OC(=O)c1ccc(OC(F)F)cc1)C(=O)NC(C)(C)C. The Morgan fingerprint density at radius 2 is 1.68 bits per heavy atom. The van der Waals surface area contributed by atoms with Crippen LogP contribution in [0.2, 0.25) is 0 Å². The van der Waals surface area contributed by atoms with E-state index in [1.54, 1.807) is 20.8 Å². The summed E-state index contributed by atoms with van der Waals surface area (Å²) in [4.78, 5) is 23.7. The van der Waals surface area contributed by atoms with Gasteiger partial charge < -0.3 is 14.8 Å². The fourth-order valence-electron chi connectivity index (χ4n) is 1.53. The average molecular weight is 315 g/mol. The van der Waals surface area contributed by atoms with Gasteiger partial charge in [-0.1, -0.05) is 0 Å². The van der Waals surface area contributed by atoms with Crippen molar-refractivity contribution in [2.75, 3.05) is 0 Å². The maximum Gasteiger partial charge on any atom is 0.387 e. The van der Waals surface area contributed by atoms with Crippen LogP contribution >= 0.6 is 0 Å². The first kappa shape index (κ1) is 17.9. The third-order valence-electron chi connectivity index (χ3n) is 2.47. The Morgan fingerprint density at radius 3 is 2.14 bits per heavy atom. The number of carbonyl (C=O) groups excluding carboxylic acids is 2. The number of hydrogen-bond acceptors (Lipinski definition) is 4. The molecule has 0 aromatic heterocycles. The van der Waals surface area contributed by atoms with Crippen molar-refractivity contribution >= 4 is 11.9 Å². The summed E-state index contributed by atoms with van der Waals surface area (Å²) in [7, 11) is 0. The summed E-state index contributed by atoms with van der Waals surface area (Å²) in [5.74, 6) is -1.20. The number of carbonyl (C=O) groups is 2. The predicted molar refractivity (Wildman–Crippen MR) is 75.8 cm³/mol. The van der Waals surface area contributed by atoms with Crippen molar-refractivity contribution in [1.82, 2.24) is 5.32 Å². The van der Waals surface area contributed by atoms with Crippen LogP contribution in [-0.2, 0) is 9.53 Å². The molecule has 0 spiro atoms. The van der Waals surface area contributed by atoms with Crippen molar-refractivity contribution < 1.29 is 27.8 Å². The van der Waals surface area contributed by atoms with E-state index in [0.29, 0.717) is 0 Å². The van der Waals surface area contributed by atoms with Gasteiger partial charge >= 0.3 is 12.6 Å². The van der Waals surface area contributed by atoms with E-state index in [1.807, 2.05) is 0 Å². The van der Waals surface area contributed by atoms with Gasteiger partial charge in [-0.15, -0.1) is 0 Å². The number of halogens is 2. The van der Waals surface area contributed by atoms with E-state index in [4.69, 9.17) is 4.74 Å². The molecule has 0 aliphatic heterocycles. The number of hydrogen-bond donors (Lipinski definition) is 1. The summed E-state index contributed by atoms with van der Waals surface area (Å²) in [6.07, 6.45) is -0.969. The first-order valence-electron chi connectivity index (χ1n) is 6.66. The third kappa shape index (κ3) is 6.07. The lowest BCUT2D eigenvalue weighted by Gasteiger charge is -2.23. The molecule has 0 aliphatic carbocycles. The van der Waals surface area contributed by atoms with Crippen LogP contribution in [0, 0.1) is 0 Å². The molecule has 0 bridgehead atoms. The van der Waals surface area contributed by atoms with Crippen molar-refractivity contribution in [2.24, 2.45) is 0 Å². The molecule has 0 radical (unpaired) electrons. The molecule has 0 heterocycles. The van der Waals surface area contributed by atoms with E-state index in [-0.39, 0.29) is 11.3 Å². The molecular formula is C15H19F2NO4. The zero-order valence-corrected chi connectivity index (χ0v) is 12.9. The molecule has 0 aliphatic rings. The van der Waals surface area contributed by atoms with E-state index in [9.17, 15) is 18.4 Å². The minimum Gasteiger partial charge on any atom is -0.449 e. The molecular weight excluding hydrogens is 296 g/mol. The van der Waals surface area contributed by atoms with Crippen LogP contribution in [0.4, 0.5) is 8.78 Å². The molecule has 1 atom stereocenters. The molecule has 0 unspecified atom stereocenters. The lowest BCUT2D eigenvalue weighted by molar-refractivity contribution is -0.130. The number of esters is 1. The van der Waals surface area contributed by atoms with Gasteiger partial charge in [0, 0.05) is 5.54 Å². The lowest BCUT2D eigenvalue weighted by Crippen LogP contribution is -2.46. The average Bonchev–Trinajstić information content (AvgIpc) is 2.36. The van der Waals surface area contributed by atoms with Crippen LogP contribution in [0.25, 0.3) is 0 Å². The summed E-state index contributed by atoms with van der Waals surface area (Å²) in [5, 5.41) is 2.69. The van der Waals surface area contributed by atoms with Gasteiger partial charge in [0.2, 0.25) is 0 Å². The number of nitrogens with one attached hydrogen (secondary N) is 1. The van der Waals surface area contributed by atoms with Crippen LogP contribution in [0.5, 0.6) is 5.75 Å². The Balaban J connectivity index is 2.63. The van der Waals surface area contributed by atoms with Gasteiger partial charge in [0.1, 0.15) is 5.75 Å². The van der Waals surface area contributed by atoms with Crippen LogP contribution in [0.15, 0.2) is 24.3 Å². The van der Waals surface area contributed by atoms with Crippen LogP contribution in [0.1, 0.15) is 38.1 Å². The summed E-state index contributed by atoms with van der Waals surface area (Å²) in [6.45, 7) is 3.94. The zero-order chi connectivity index (χ0) is 16.9. The highest BCUT2D eigenvalue weighted by molar-refractivity contribution is 5.92. The Labute approximate surface area is 127 Å². The van der Waals surface area contributed by atoms with E-state index in [1.165, 1.54) is 31.2 Å². The van der Waals surface area contributed by atoms with Crippen molar-refractivity contribution in [2.45, 2.75) is 45.9 Å². The summed E-state index contributed by atoms with van der Waals surface area (Å²) in [6, 6.07) is 5.02. The predicted octanol–water partition coefficient (Wildman–Crippen LogP) is 2.75. The molecule has 0 saturated heterocycles. The van der Waals surface area contributed by atoms with Crippen molar-refractivity contribution in [3.8, 4) is 5.75 Å². The molecule has 1 amide bonds. The number of rotatable bonds is 5. The van der Waals surface area contributed by atoms with Gasteiger partial charge in [-0.05, 0) is 52.0 Å². The van der Waals surface area contributed by atoms with E-state index in [0.717, 1.165) is 0 Å². The molecule has 5 nitrogen and oxygen atoms in total. The zero-order valence-electron chi connectivity index (χ0n) is 12.9. The van der Waals surface area contributed by atoms with Crippen molar-refractivity contribution in [3.63, 3.8) is 0 Å². The topological polar surface area (TPSA) is 64.6 Å². The lowest BCUT2D eigenvalue weighted by atomic mass is 10.1. The van der Waals surface area contributed by atoms with Gasteiger partial charge in [0.25, 0.3) is 5.91 Å². The highest BCUT2D eigenvalue weighted by atomic mass is 19.3. The standard InChI is InChI=1S/C15H19F2NO4/c1-9(12(19)18-15(2,3)4)21-13(20)10-5-7-11(8-6-10)22-14(16)17/h5-9,14H,1-4H3,(H,18,19)/t9-/m0/s1. The maximum absolute atomic E-state index is 12.0. The van der Waals surface area contributed by atoms with E-state index < -0.39 is 30.1 Å². The second-order valence-electron chi connectivity index (χ2n) is 5.69. The summed E-state index contributed by atoms with van der Waals surface area (Å²) < 4.78 is 33.2. The minimum atomic E-state index is -2.93. The highest BCUT2D eigenvalue weighted by Crippen LogP contribution is 2.16. The van der Waals surface area contributed by atoms with Gasteiger partial charge in [0.15, 0.2) is 6.10 Å². The fourth-order valence-corrected chi connectivity index (χ4v) is 1.53. The largest absolute Gasteiger partial charge is 0.449 e. The second-order valence-corrected chi connectivity index (χ2v) is 5.69. The molecule has 1 N–H and O–H groups in total. The Bertz CT molecular complexity index is 523. The van der Waals surface area contributed by atoms with Crippen molar-refractivity contribution in [1.29, 1.82) is 0 Å². The molecule has 1 rings (SSSR count). The molecule has 0 saturated carbocycles. The summed E-state index contributed by atoms with van der Waals surface area (Å²) in [5.41, 5.74) is -0.302. The van der Waals surface area contributed by atoms with Crippen LogP contribution in [0.3, 0.4) is 0 Å². The Morgan fingerprint density at radius 1 is 1.14 bits per heavy atom. The molecule has 22 heavy (non-hydrogen) atoms. The first-order valence-corrected chi connectivity index (χ1v) is 6.66. The van der Waals surface area contributed by atoms with Gasteiger partial charge in [-0.2, -0.15) is 8.78 Å². The highest BCUT2D eigenvalue weighted by Gasteiger charge is 2.22. The molecule has 7 heteroatoms. The van der Waals surface area contributed by atoms with Gasteiger partial charge in [-0.25, -0.2) is 4.79 Å². The van der Waals surface area contributed by atoms with E-state index in [2.05, 4.69) is 10.1 Å². The minimum absolute atomic E-state index is 0.0647. The molecule has 122 valence electrons.